The van der Waals surface area contributed by atoms with E-state index in [-0.39, 0.29) is 11.4 Å². The summed E-state index contributed by atoms with van der Waals surface area (Å²) in [5.41, 5.74) is -0.223. The van der Waals surface area contributed by atoms with Crippen LogP contribution in [-0.4, -0.2) is 29.7 Å². The van der Waals surface area contributed by atoms with Gasteiger partial charge in [0, 0.05) is 6.07 Å². The first-order chi connectivity index (χ1) is 9.13. The van der Waals surface area contributed by atoms with Crippen LogP contribution in [0, 0.1) is 17.3 Å². The van der Waals surface area contributed by atoms with Gasteiger partial charge in [0.25, 0.3) is 0 Å². The number of halogens is 1. The van der Waals surface area contributed by atoms with Crippen molar-refractivity contribution in [3.05, 3.63) is 17.0 Å². The molecule has 1 aromatic heterocycles. The monoisotopic (exact) mass is 326 g/mol. The number of aromatic nitrogens is 2. The third-order valence-corrected chi connectivity index (χ3v) is 4.73. The van der Waals surface area contributed by atoms with Gasteiger partial charge in [0.2, 0.25) is 5.88 Å². The first-order valence-electron chi connectivity index (χ1n) is 6.32. The Hall–Kier alpha value is -1.17. The fourth-order valence-electron chi connectivity index (χ4n) is 3.36. The lowest BCUT2D eigenvalue weighted by atomic mass is 9.69. The maximum Gasteiger partial charge on any atom is 0.311 e. The molecule has 0 aliphatic heterocycles. The molecule has 19 heavy (non-hydrogen) atoms. The van der Waals surface area contributed by atoms with Crippen LogP contribution < -0.4 is 4.74 Å². The number of hydrogen-bond donors (Lipinski definition) is 0. The van der Waals surface area contributed by atoms with Gasteiger partial charge in [-0.25, -0.2) is 9.97 Å². The van der Waals surface area contributed by atoms with E-state index in [0.29, 0.717) is 28.9 Å². The number of methoxy groups -OCH3 is 1. The summed E-state index contributed by atoms with van der Waals surface area (Å²) in [7, 11) is 1.46. The highest BCUT2D eigenvalue weighted by Crippen LogP contribution is 2.62. The molecule has 3 aliphatic rings. The molecule has 1 atom stereocenters. The van der Waals surface area contributed by atoms with E-state index in [2.05, 4.69) is 25.9 Å². The van der Waals surface area contributed by atoms with Gasteiger partial charge in [0.05, 0.1) is 19.1 Å². The molecule has 1 unspecified atom stereocenters. The van der Waals surface area contributed by atoms with Crippen molar-refractivity contribution in [3.63, 3.8) is 0 Å². The molecule has 0 radical (unpaired) electrons. The van der Waals surface area contributed by atoms with Crippen LogP contribution in [0.5, 0.6) is 5.88 Å². The molecule has 0 amide bonds. The maximum absolute atomic E-state index is 11.7. The van der Waals surface area contributed by atoms with Gasteiger partial charge in [-0.05, 0) is 47.0 Å². The van der Waals surface area contributed by atoms with E-state index in [4.69, 9.17) is 9.47 Å². The minimum absolute atomic E-state index is 0.0592. The second kappa shape index (κ2) is 4.74. The van der Waals surface area contributed by atoms with Gasteiger partial charge in [0.15, 0.2) is 0 Å². The third kappa shape index (κ3) is 2.22. The van der Waals surface area contributed by atoms with Crippen molar-refractivity contribution < 1.29 is 14.3 Å². The Labute approximate surface area is 119 Å². The van der Waals surface area contributed by atoms with Crippen molar-refractivity contribution in [3.8, 4) is 5.88 Å². The van der Waals surface area contributed by atoms with Gasteiger partial charge in [-0.1, -0.05) is 0 Å². The van der Waals surface area contributed by atoms with E-state index in [1.54, 1.807) is 6.07 Å². The van der Waals surface area contributed by atoms with E-state index in [0.717, 1.165) is 19.3 Å². The quantitative estimate of drug-likeness (QED) is 0.627. The number of hydrogen-bond acceptors (Lipinski definition) is 5. The van der Waals surface area contributed by atoms with Crippen LogP contribution in [0.15, 0.2) is 17.0 Å². The summed E-state index contributed by atoms with van der Waals surface area (Å²) in [6.07, 6.45) is 4.23. The molecule has 0 aromatic carbocycles. The Balaban J connectivity index is 1.57. The van der Waals surface area contributed by atoms with Crippen LogP contribution in [-0.2, 0) is 9.53 Å². The molecule has 3 aliphatic carbocycles. The second-order valence-electron chi connectivity index (χ2n) is 5.39. The fourth-order valence-corrected chi connectivity index (χ4v) is 3.65. The number of carbonyl (C=O) groups excluding carboxylic acids is 1. The maximum atomic E-state index is 11.7. The largest absolute Gasteiger partial charge is 0.477 e. The highest BCUT2D eigenvalue weighted by atomic mass is 79.9. The van der Waals surface area contributed by atoms with Crippen molar-refractivity contribution in [2.75, 3.05) is 13.7 Å². The first-order valence-corrected chi connectivity index (χ1v) is 7.11. The predicted octanol–water partition coefficient (Wildman–Crippen LogP) is 2.21. The number of fused-ring (bicyclic) bond motifs is 1. The molecular formula is C13H15BrN2O3. The lowest BCUT2D eigenvalue weighted by molar-refractivity contribution is -0.157. The van der Waals surface area contributed by atoms with Crippen LogP contribution in [0.4, 0.5) is 0 Å². The van der Waals surface area contributed by atoms with Gasteiger partial charge in [0.1, 0.15) is 10.9 Å². The average Bonchev–Trinajstić information content (AvgIpc) is 2.90. The Kier molecular flexibility index (Phi) is 3.20. The molecule has 2 bridgehead atoms. The van der Waals surface area contributed by atoms with Crippen molar-refractivity contribution in [1.29, 1.82) is 0 Å². The molecule has 4 rings (SSSR count). The van der Waals surface area contributed by atoms with E-state index in [9.17, 15) is 4.79 Å². The molecular weight excluding hydrogens is 312 g/mol. The van der Waals surface area contributed by atoms with Gasteiger partial charge in [-0.15, -0.1) is 0 Å². The Morgan fingerprint density at radius 3 is 2.95 bits per heavy atom. The molecule has 1 heterocycles. The minimum Gasteiger partial charge on any atom is -0.477 e. The Morgan fingerprint density at radius 1 is 1.47 bits per heavy atom. The Bertz CT molecular complexity index is 502. The number of esters is 1. The number of nitrogens with zero attached hydrogens (tertiary/aromatic N) is 2. The second-order valence-corrected chi connectivity index (χ2v) is 6.21. The normalized spacial score (nSPS) is 31.7. The number of carbonyl (C=O) groups is 1. The topological polar surface area (TPSA) is 61.3 Å². The van der Waals surface area contributed by atoms with Crippen LogP contribution in [0.3, 0.4) is 0 Å². The van der Waals surface area contributed by atoms with Crippen LogP contribution in [0.25, 0.3) is 0 Å². The van der Waals surface area contributed by atoms with Crippen LogP contribution in [0.1, 0.15) is 19.3 Å². The molecule has 5 nitrogen and oxygen atoms in total. The van der Waals surface area contributed by atoms with E-state index < -0.39 is 0 Å². The van der Waals surface area contributed by atoms with Gasteiger partial charge < -0.3 is 9.47 Å². The van der Waals surface area contributed by atoms with Crippen molar-refractivity contribution >= 4 is 21.9 Å². The lowest BCUT2D eigenvalue weighted by Gasteiger charge is -2.35. The highest BCUT2D eigenvalue weighted by Gasteiger charge is 2.61. The van der Waals surface area contributed by atoms with E-state index in [1.165, 1.54) is 13.4 Å². The average molecular weight is 327 g/mol. The van der Waals surface area contributed by atoms with Gasteiger partial charge in [-0.2, -0.15) is 0 Å². The molecule has 6 heteroatoms. The van der Waals surface area contributed by atoms with Crippen molar-refractivity contribution in [2.24, 2.45) is 17.3 Å². The summed E-state index contributed by atoms with van der Waals surface area (Å²) in [5.74, 6) is 1.52. The summed E-state index contributed by atoms with van der Waals surface area (Å²) in [4.78, 5) is 19.8. The lowest BCUT2D eigenvalue weighted by Crippen LogP contribution is -2.37. The molecule has 3 saturated carbocycles. The fraction of sp³-hybridized carbons (Fsp3) is 0.615. The smallest absolute Gasteiger partial charge is 0.311 e. The van der Waals surface area contributed by atoms with Crippen LogP contribution in [0.2, 0.25) is 0 Å². The van der Waals surface area contributed by atoms with Crippen molar-refractivity contribution in [1.82, 2.24) is 9.97 Å². The molecule has 0 N–H and O–H groups in total. The minimum atomic E-state index is -0.223. The van der Waals surface area contributed by atoms with Gasteiger partial charge in [-0.3, -0.25) is 4.79 Å². The zero-order valence-corrected chi connectivity index (χ0v) is 12.2. The highest BCUT2D eigenvalue weighted by molar-refractivity contribution is 9.10. The molecule has 3 fully saturated rings. The number of rotatable bonds is 4. The number of ether oxygens (including phenoxy) is 2. The van der Waals surface area contributed by atoms with Crippen molar-refractivity contribution in [2.45, 2.75) is 19.3 Å². The van der Waals surface area contributed by atoms with Crippen LogP contribution >= 0.6 is 15.9 Å². The molecule has 0 spiro atoms. The summed E-state index contributed by atoms with van der Waals surface area (Å²) in [5, 5.41) is 0. The molecule has 102 valence electrons. The summed E-state index contributed by atoms with van der Waals surface area (Å²) < 4.78 is 11.3. The summed E-state index contributed by atoms with van der Waals surface area (Å²) >= 11 is 3.28. The SMILES string of the molecule is COC(=O)C12CC(COc3cc(Br)ncn3)C(C1)C2. The predicted molar refractivity (Wildman–Crippen MR) is 70.5 cm³/mol. The first kappa shape index (κ1) is 12.8. The van der Waals surface area contributed by atoms with E-state index in [1.807, 2.05) is 0 Å². The van der Waals surface area contributed by atoms with Gasteiger partial charge >= 0.3 is 5.97 Å². The standard InChI is InChI=1S/C13H15BrN2O3/c1-18-12(17)13-3-8(4-13)9(5-13)6-19-11-2-10(14)15-7-16-11/h2,7-9H,3-6H2,1H3. The summed E-state index contributed by atoms with van der Waals surface area (Å²) in [6.45, 7) is 0.604. The van der Waals surface area contributed by atoms with E-state index >= 15 is 0 Å². The molecule has 0 saturated heterocycles. The molecule has 1 aromatic rings. The summed E-state index contributed by atoms with van der Waals surface area (Å²) in [6, 6.07) is 1.75. The third-order valence-electron chi connectivity index (χ3n) is 4.30. The Morgan fingerprint density at radius 2 is 2.26 bits per heavy atom. The zero-order valence-electron chi connectivity index (χ0n) is 10.6. The zero-order chi connectivity index (χ0) is 13.5.